The number of benzene rings is 1. The fourth-order valence-electron chi connectivity index (χ4n) is 1.31. The maximum Gasteiger partial charge on any atom is 0.147 e. The summed E-state index contributed by atoms with van der Waals surface area (Å²) in [6, 6.07) is 5.83. The van der Waals surface area contributed by atoms with E-state index in [0.29, 0.717) is 6.54 Å². The van der Waals surface area contributed by atoms with Crippen molar-refractivity contribution in [3.63, 3.8) is 0 Å². The van der Waals surface area contributed by atoms with Crippen molar-refractivity contribution in [2.75, 3.05) is 0 Å². The molecule has 0 spiro atoms. The second-order valence-corrected chi connectivity index (χ2v) is 4.72. The van der Waals surface area contributed by atoms with E-state index in [-0.39, 0.29) is 0 Å². The molecule has 2 rings (SSSR count). The smallest absolute Gasteiger partial charge is 0.147 e. The first-order valence-corrected chi connectivity index (χ1v) is 5.68. The molecular weight excluding hydrogens is 230 g/mol. The van der Waals surface area contributed by atoms with Crippen molar-refractivity contribution in [3.8, 4) is 10.6 Å². The van der Waals surface area contributed by atoms with Gasteiger partial charge in [0.1, 0.15) is 10.0 Å². The summed E-state index contributed by atoms with van der Waals surface area (Å²) in [6.45, 7) is 2.43. The second kappa shape index (κ2) is 4.26. The number of nitrogens with zero attached hydrogens (tertiary/aromatic N) is 2. The number of aryl methyl sites for hydroxylation is 1. The average molecular weight is 240 g/mol. The van der Waals surface area contributed by atoms with Gasteiger partial charge in [0.2, 0.25) is 0 Å². The van der Waals surface area contributed by atoms with Crippen LogP contribution in [0.3, 0.4) is 0 Å². The molecule has 0 aliphatic rings. The minimum Gasteiger partial charge on any atom is -0.324 e. The van der Waals surface area contributed by atoms with Crippen LogP contribution in [0.25, 0.3) is 10.6 Å². The highest BCUT2D eigenvalue weighted by molar-refractivity contribution is 7.14. The standard InChI is InChI=1S/C10H10ClN3S/c1-6-2-7(4-8(11)3-6)10-14-13-9(5-12)15-10/h2-4H,5,12H2,1H3. The lowest BCUT2D eigenvalue weighted by atomic mass is 10.1. The Bertz CT molecular complexity index is 461. The molecule has 0 fully saturated rings. The lowest BCUT2D eigenvalue weighted by Crippen LogP contribution is -1.94. The van der Waals surface area contributed by atoms with Crippen molar-refractivity contribution in [2.24, 2.45) is 5.73 Å². The fraction of sp³-hybridized carbons (Fsp3) is 0.200. The Kier molecular flexibility index (Phi) is 3.00. The normalized spacial score (nSPS) is 10.6. The summed E-state index contributed by atoms with van der Waals surface area (Å²) < 4.78 is 0. The first-order chi connectivity index (χ1) is 7.19. The highest BCUT2D eigenvalue weighted by Gasteiger charge is 2.06. The van der Waals surface area contributed by atoms with Crippen molar-refractivity contribution in [1.29, 1.82) is 0 Å². The Morgan fingerprint density at radius 1 is 1.33 bits per heavy atom. The van der Waals surface area contributed by atoms with Gasteiger partial charge in [-0.1, -0.05) is 22.9 Å². The van der Waals surface area contributed by atoms with Gasteiger partial charge in [0.15, 0.2) is 0 Å². The number of hydrogen-bond acceptors (Lipinski definition) is 4. The Hall–Kier alpha value is -0.970. The maximum absolute atomic E-state index is 5.97. The van der Waals surface area contributed by atoms with E-state index < -0.39 is 0 Å². The van der Waals surface area contributed by atoms with Crippen LogP contribution in [0.1, 0.15) is 10.6 Å². The number of rotatable bonds is 2. The third-order valence-electron chi connectivity index (χ3n) is 1.93. The summed E-state index contributed by atoms with van der Waals surface area (Å²) in [5.41, 5.74) is 7.59. The van der Waals surface area contributed by atoms with E-state index in [9.17, 15) is 0 Å². The number of nitrogens with two attached hydrogens (primary N) is 1. The second-order valence-electron chi connectivity index (χ2n) is 3.22. The van der Waals surface area contributed by atoms with Crippen LogP contribution in [-0.2, 0) is 6.54 Å². The summed E-state index contributed by atoms with van der Waals surface area (Å²) in [7, 11) is 0. The van der Waals surface area contributed by atoms with Gasteiger partial charge in [-0.25, -0.2) is 0 Å². The molecule has 0 bridgehead atoms. The van der Waals surface area contributed by atoms with Crippen LogP contribution in [0.5, 0.6) is 0 Å². The van der Waals surface area contributed by atoms with Crippen molar-refractivity contribution in [2.45, 2.75) is 13.5 Å². The minimum absolute atomic E-state index is 0.428. The van der Waals surface area contributed by atoms with E-state index in [1.807, 2.05) is 25.1 Å². The lowest BCUT2D eigenvalue weighted by Gasteiger charge is -1.98. The maximum atomic E-state index is 5.97. The Labute approximate surface area is 96.9 Å². The molecule has 3 nitrogen and oxygen atoms in total. The van der Waals surface area contributed by atoms with E-state index in [1.54, 1.807) is 0 Å². The zero-order valence-corrected chi connectivity index (χ0v) is 9.77. The van der Waals surface area contributed by atoms with Gasteiger partial charge >= 0.3 is 0 Å². The van der Waals surface area contributed by atoms with Crippen molar-refractivity contribution >= 4 is 22.9 Å². The molecule has 1 heterocycles. The molecule has 0 amide bonds. The highest BCUT2D eigenvalue weighted by Crippen LogP contribution is 2.27. The van der Waals surface area contributed by atoms with E-state index in [2.05, 4.69) is 10.2 Å². The van der Waals surface area contributed by atoms with Crippen LogP contribution in [0.2, 0.25) is 5.02 Å². The predicted octanol–water partition coefficient (Wildman–Crippen LogP) is 2.63. The van der Waals surface area contributed by atoms with E-state index >= 15 is 0 Å². The molecule has 5 heteroatoms. The number of hydrogen-bond donors (Lipinski definition) is 1. The molecule has 15 heavy (non-hydrogen) atoms. The van der Waals surface area contributed by atoms with Crippen LogP contribution < -0.4 is 5.73 Å². The Morgan fingerprint density at radius 3 is 2.73 bits per heavy atom. The quantitative estimate of drug-likeness (QED) is 0.877. The summed E-state index contributed by atoms with van der Waals surface area (Å²) in [4.78, 5) is 0. The van der Waals surface area contributed by atoms with Gasteiger partial charge in [0.25, 0.3) is 0 Å². The van der Waals surface area contributed by atoms with Gasteiger partial charge in [0, 0.05) is 17.1 Å². The largest absolute Gasteiger partial charge is 0.324 e. The fourth-order valence-corrected chi connectivity index (χ4v) is 2.31. The Balaban J connectivity index is 2.44. The van der Waals surface area contributed by atoms with Gasteiger partial charge in [-0.2, -0.15) is 0 Å². The van der Waals surface area contributed by atoms with E-state index in [4.69, 9.17) is 17.3 Å². The number of halogens is 1. The van der Waals surface area contributed by atoms with E-state index in [0.717, 1.165) is 26.2 Å². The topological polar surface area (TPSA) is 51.8 Å². The van der Waals surface area contributed by atoms with Crippen LogP contribution in [0.15, 0.2) is 18.2 Å². The molecule has 1 aromatic heterocycles. The van der Waals surface area contributed by atoms with Gasteiger partial charge in [0.05, 0.1) is 0 Å². The van der Waals surface area contributed by atoms with E-state index in [1.165, 1.54) is 11.3 Å². The van der Waals surface area contributed by atoms with Crippen LogP contribution in [0, 0.1) is 6.92 Å². The van der Waals surface area contributed by atoms with Gasteiger partial charge in [-0.05, 0) is 30.7 Å². The molecule has 78 valence electrons. The molecule has 0 saturated heterocycles. The zero-order valence-electron chi connectivity index (χ0n) is 8.20. The summed E-state index contributed by atoms with van der Waals surface area (Å²) in [6.07, 6.45) is 0. The average Bonchev–Trinajstić information content (AvgIpc) is 2.64. The molecule has 0 atom stereocenters. The minimum atomic E-state index is 0.428. The number of aromatic nitrogens is 2. The third kappa shape index (κ3) is 2.34. The summed E-state index contributed by atoms with van der Waals surface area (Å²) in [5, 5.41) is 10.5. The molecule has 2 N–H and O–H groups in total. The van der Waals surface area contributed by atoms with Gasteiger partial charge < -0.3 is 5.73 Å². The Morgan fingerprint density at radius 2 is 2.13 bits per heavy atom. The zero-order chi connectivity index (χ0) is 10.8. The first kappa shape index (κ1) is 10.5. The van der Waals surface area contributed by atoms with Crippen LogP contribution in [0.4, 0.5) is 0 Å². The van der Waals surface area contributed by atoms with Gasteiger partial charge in [-0.3, -0.25) is 0 Å². The van der Waals surface area contributed by atoms with Crippen LogP contribution in [-0.4, -0.2) is 10.2 Å². The highest BCUT2D eigenvalue weighted by atomic mass is 35.5. The molecule has 0 aliphatic heterocycles. The molecule has 2 aromatic rings. The molecular formula is C10H10ClN3S. The molecule has 0 saturated carbocycles. The van der Waals surface area contributed by atoms with Crippen molar-refractivity contribution in [1.82, 2.24) is 10.2 Å². The summed E-state index contributed by atoms with van der Waals surface area (Å²) in [5.74, 6) is 0. The molecule has 0 unspecified atom stereocenters. The first-order valence-electron chi connectivity index (χ1n) is 4.49. The van der Waals surface area contributed by atoms with Crippen molar-refractivity contribution in [3.05, 3.63) is 33.8 Å². The predicted molar refractivity (Wildman–Crippen MR) is 63.0 cm³/mol. The molecule has 1 aromatic carbocycles. The van der Waals surface area contributed by atoms with Crippen LogP contribution >= 0.6 is 22.9 Å². The third-order valence-corrected chi connectivity index (χ3v) is 3.14. The molecule has 0 aliphatic carbocycles. The van der Waals surface area contributed by atoms with Gasteiger partial charge in [-0.15, -0.1) is 10.2 Å². The molecule has 0 radical (unpaired) electrons. The lowest BCUT2D eigenvalue weighted by molar-refractivity contribution is 0.960. The monoisotopic (exact) mass is 239 g/mol. The van der Waals surface area contributed by atoms with Crippen molar-refractivity contribution < 1.29 is 0 Å². The summed E-state index contributed by atoms with van der Waals surface area (Å²) >= 11 is 7.47. The SMILES string of the molecule is Cc1cc(Cl)cc(-c2nnc(CN)s2)c1.